The number of nitrogens with one attached hydrogen (secondary N) is 2. The van der Waals surface area contributed by atoms with Crippen molar-refractivity contribution in [1.29, 1.82) is 0 Å². The first-order valence-corrected chi connectivity index (χ1v) is 10.7. The highest BCUT2D eigenvalue weighted by Gasteiger charge is 2.34. The number of aryl methyl sites for hydroxylation is 1. The summed E-state index contributed by atoms with van der Waals surface area (Å²) in [4.78, 5) is 4.85. The fourth-order valence-corrected chi connectivity index (χ4v) is 3.71. The molecule has 1 atom stereocenters. The molecule has 1 aromatic rings. The number of halogens is 1. The zero-order valence-corrected chi connectivity index (χ0v) is 20.7. The van der Waals surface area contributed by atoms with E-state index in [-0.39, 0.29) is 41.4 Å². The van der Waals surface area contributed by atoms with Crippen LogP contribution in [0.4, 0.5) is 0 Å². The highest BCUT2D eigenvalue weighted by atomic mass is 127. The first-order chi connectivity index (χ1) is 13.5. The minimum absolute atomic E-state index is 0. The summed E-state index contributed by atoms with van der Waals surface area (Å²) in [7, 11) is 0. The molecule has 0 spiro atoms. The van der Waals surface area contributed by atoms with Crippen LogP contribution in [0.2, 0.25) is 0 Å². The van der Waals surface area contributed by atoms with E-state index in [9.17, 15) is 5.11 Å². The van der Waals surface area contributed by atoms with E-state index in [0.29, 0.717) is 6.61 Å². The molecular weight excluding hydrogens is 477 g/mol. The molecule has 166 valence electrons. The molecule has 1 aliphatic heterocycles. The summed E-state index contributed by atoms with van der Waals surface area (Å²) in [6.45, 7) is 10.8. The second-order valence-corrected chi connectivity index (χ2v) is 8.83. The van der Waals surface area contributed by atoms with Crippen molar-refractivity contribution < 1.29 is 9.84 Å². The molecule has 1 aliphatic rings. The SMILES string of the molecule is CCNC(=NCC(C)(C)CCCc1ccccc1)NCC1(CCO)CCOC1.I. The number of aliphatic hydroxyl groups is 1. The highest BCUT2D eigenvalue weighted by Crippen LogP contribution is 2.31. The predicted molar refractivity (Wildman–Crippen MR) is 132 cm³/mol. The van der Waals surface area contributed by atoms with Crippen molar-refractivity contribution in [3.8, 4) is 0 Å². The fraction of sp³-hybridized carbons (Fsp3) is 0.696. The van der Waals surface area contributed by atoms with Gasteiger partial charge < -0.3 is 20.5 Å². The summed E-state index contributed by atoms with van der Waals surface area (Å²) in [5, 5.41) is 16.3. The molecule has 1 saturated heterocycles. The average Bonchev–Trinajstić information content (AvgIpc) is 3.14. The molecule has 1 unspecified atom stereocenters. The molecule has 2 rings (SSSR count). The minimum Gasteiger partial charge on any atom is -0.396 e. The van der Waals surface area contributed by atoms with Crippen molar-refractivity contribution in [2.45, 2.75) is 52.9 Å². The van der Waals surface area contributed by atoms with Gasteiger partial charge in [0.2, 0.25) is 0 Å². The molecule has 0 bridgehead atoms. The van der Waals surface area contributed by atoms with Crippen LogP contribution in [0.3, 0.4) is 0 Å². The Bertz CT molecular complexity index is 587. The third kappa shape index (κ3) is 9.66. The molecule has 1 fully saturated rings. The van der Waals surface area contributed by atoms with E-state index < -0.39 is 0 Å². The molecule has 29 heavy (non-hydrogen) atoms. The van der Waals surface area contributed by atoms with E-state index in [1.54, 1.807) is 0 Å². The normalized spacial score (nSPS) is 19.7. The smallest absolute Gasteiger partial charge is 0.191 e. The Kier molecular flexibility index (Phi) is 12.1. The standard InChI is InChI=1S/C23H39N3O2.HI/c1-4-24-21(26-18-23(13-15-27)14-16-28-19-23)25-17-22(2,3)12-8-11-20-9-6-5-7-10-20;/h5-7,9-10,27H,4,8,11-19H2,1-3H3,(H2,24,25,26);1H. The molecular formula is C23H40IN3O2. The first kappa shape index (κ1) is 26.2. The van der Waals surface area contributed by atoms with Crippen LogP contribution >= 0.6 is 24.0 Å². The molecule has 0 aromatic heterocycles. The maximum Gasteiger partial charge on any atom is 0.191 e. The molecule has 6 heteroatoms. The van der Waals surface area contributed by atoms with E-state index in [4.69, 9.17) is 9.73 Å². The van der Waals surface area contributed by atoms with Gasteiger partial charge in [-0.25, -0.2) is 0 Å². The van der Waals surface area contributed by atoms with Gasteiger partial charge in [-0.15, -0.1) is 24.0 Å². The molecule has 1 heterocycles. The number of rotatable bonds is 11. The maximum absolute atomic E-state index is 9.41. The van der Waals surface area contributed by atoms with Crippen molar-refractivity contribution in [1.82, 2.24) is 10.6 Å². The van der Waals surface area contributed by atoms with Crippen LogP contribution in [0.5, 0.6) is 0 Å². The summed E-state index contributed by atoms with van der Waals surface area (Å²) in [5.41, 5.74) is 1.59. The van der Waals surface area contributed by atoms with Gasteiger partial charge in [0.05, 0.1) is 6.61 Å². The van der Waals surface area contributed by atoms with Gasteiger partial charge in [0.15, 0.2) is 5.96 Å². The van der Waals surface area contributed by atoms with Gasteiger partial charge in [-0.3, -0.25) is 4.99 Å². The highest BCUT2D eigenvalue weighted by molar-refractivity contribution is 14.0. The number of hydrogen-bond donors (Lipinski definition) is 3. The number of aliphatic imine (C=N–C) groups is 1. The number of benzene rings is 1. The lowest BCUT2D eigenvalue weighted by atomic mass is 9.84. The lowest BCUT2D eigenvalue weighted by Gasteiger charge is -2.28. The molecule has 0 saturated carbocycles. The van der Waals surface area contributed by atoms with E-state index >= 15 is 0 Å². The summed E-state index contributed by atoms with van der Waals surface area (Å²) in [5.74, 6) is 0.864. The second-order valence-electron chi connectivity index (χ2n) is 8.83. The molecule has 1 aromatic carbocycles. The Balaban J connectivity index is 0.00000420. The summed E-state index contributed by atoms with van der Waals surface area (Å²) in [6, 6.07) is 10.7. The Labute approximate surface area is 194 Å². The molecule has 0 amide bonds. The van der Waals surface area contributed by atoms with E-state index in [2.05, 4.69) is 61.7 Å². The zero-order valence-electron chi connectivity index (χ0n) is 18.4. The van der Waals surface area contributed by atoms with E-state index in [1.807, 2.05) is 0 Å². The van der Waals surface area contributed by atoms with Crippen LogP contribution in [0.25, 0.3) is 0 Å². The Morgan fingerprint density at radius 1 is 1.24 bits per heavy atom. The van der Waals surface area contributed by atoms with Gasteiger partial charge in [-0.2, -0.15) is 0 Å². The van der Waals surface area contributed by atoms with E-state index in [1.165, 1.54) is 12.0 Å². The topological polar surface area (TPSA) is 65.9 Å². The van der Waals surface area contributed by atoms with Crippen molar-refractivity contribution in [3.05, 3.63) is 35.9 Å². The Morgan fingerprint density at radius 3 is 2.62 bits per heavy atom. The molecule has 0 aliphatic carbocycles. The summed E-state index contributed by atoms with van der Waals surface area (Å²) in [6.07, 6.45) is 5.20. The number of nitrogens with zero attached hydrogens (tertiary/aromatic N) is 1. The zero-order chi connectivity index (χ0) is 20.3. The van der Waals surface area contributed by atoms with Crippen molar-refractivity contribution in [2.24, 2.45) is 15.8 Å². The van der Waals surface area contributed by atoms with Gasteiger partial charge in [-0.05, 0) is 50.0 Å². The van der Waals surface area contributed by atoms with Gasteiger partial charge in [0, 0.05) is 38.3 Å². The third-order valence-electron chi connectivity index (χ3n) is 5.63. The van der Waals surface area contributed by atoms with Crippen molar-refractivity contribution >= 4 is 29.9 Å². The van der Waals surface area contributed by atoms with Crippen LogP contribution in [-0.4, -0.2) is 50.5 Å². The largest absolute Gasteiger partial charge is 0.396 e. The first-order valence-electron chi connectivity index (χ1n) is 10.7. The Hall–Kier alpha value is -0.860. The molecule has 5 nitrogen and oxygen atoms in total. The third-order valence-corrected chi connectivity index (χ3v) is 5.63. The van der Waals surface area contributed by atoms with Gasteiger partial charge in [0.25, 0.3) is 0 Å². The number of ether oxygens (including phenoxy) is 1. The van der Waals surface area contributed by atoms with Crippen LogP contribution in [0, 0.1) is 10.8 Å². The predicted octanol–water partition coefficient (Wildman–Crippen LogP) is 4.00. The van der Waals surface area contributed by atoms with Crippen molar-refractivity contribution in [3.63, 3.8) is 0 Å². The molecule has 0 radical (unpaired) electrons. The summed E-state index contributed by atoms with van der Waals surface area (Å²) < 4.78 is 5.59. The Morgan fingerprint density at radius 2 is 2.00 bits per heavy atom. The van der Waals surface area contributed by atoms with Crippen LogP contribution in [0.15, 0.2) is 35.3 Å². The monoisotopic (exact) mass is 517 g/mol. The number of aliphatic hydroxyl groups excluding tert-OH is 1. The number of hydrogen-bond acceptors (Lipinski definition) is 3. The lowest BCUT2D eigenvalue weighted by Crippen LogP contribution is -2.45. The van der Waals surface area contributed by atoms with E-state index in [0.717, 1.165) is 57.9 Å². The van der Waals surface area contributed by atoms with Gasteiger partial charge in [0.1, 0.15) is 0 Å². The van der Waals surface area contributed by atoms with Crippen LogP contribution < -0.4 is 10.6 Å². The second kappa shape index (κ2) is 13.4. The lowest BCUT2D eigenvalue weighted by molar-refractivity contribution is 0.127. The fourth-order valence-electron chi connectivity index (χ4n) is 3.71. The minimum atomic E-state index is 0. The van der Waals surface area contributed by atoms with Crippen molar-refractivity contribution in [2.75, 3.05) is 39.5 Å². The maximum atomic E-state index is 9.41. The quantitative estimate of drug-likeness (QED) is 0.236. The summed E-state index contributed by atoms with van der Waals surface area (Å²) >= 11 is 0. The van der Waals surface area contributed by atoms with Crippen LogP contribution in [0.1, 0.15) is 52.0 Å². The average molecular weight is 517 g/mol. The van der Waals surface area contributed by atoms with Gasteiger partial charge >= 0.3 is 0 Å². The van der Waals surface area contributed by atoms with Gasteiger partial charge in [-0.1, -0.05) is 44.2 Å². The van der Waals surface area contributed by atoms with Crippen LogP contribution in [-0.2, 0) is 11.2 Å². The number of guanidine groups is 1. The molecule has 3 N–H and O–H groups in total.